The molecule has 0 bridgehead atoms. The van der Waals surface area contributed by atoms with Crippen molar-refractivity contribution in [1.82, 2.24) is 10.2 Å². The molecule has 0 aromatic carbocycles. The van der Waals surface area contributed by atoms with Gasteiger partial charge in [0.05, 0.1) is 6.07 Å². The Bertz CT molecular complexity index is 158. The molecule has 12 heavy (non-hydrogen) atoms. The number of nitrogens with one attached hydrogen (secondary N) is 1. The van der Waals surface area contributed by atoms with Gasteiger partial charge in [0, 0.05) is 6.54 Å². The third-order valence-corrected chi connectivity index (χ3v) is 2.23. The van der Waals surface area contributed by atoms with Crippen molar-refractivity contribution < 1.29 is 0 Å². The summed E-state index contributed by atoms with van der Waals surface area (Å²) in [6, 6.07) is 2.27. The van der Waals surface area contributed by atoms with E-state index in [4.69, 9.17) is 5.26 Å². The summed E-state index contributed by atoms with van der Waals surface area (Å²) < 4.78 is 0. The molecular formula is C9H19N3. The van der Waals surface area contributed by atoms with Gasteiger partial charge in [-0.15, -0.1) is 0 Å². The molecule has 70 valence electrons. The van der Waals surface area contributed by atoms with Gasteiger partial charge in [-0.1, -0.05) is 13.8 Å². The first-order valence-electron chi connectivity index (χ1n) is 4.44. The molecule has 0 rings (SSSR count). The van der Waals surface area contributed by atoms with Gasteiger partial charge in [-0.05, 0) is 27.1 Å². The zero-order valence-corrected chi connectivity index (χ0v) is 8.52. The molecule has 0 saturated heterocycles. The summed E-state index contributed by atoms with van der Waals surface area (Å²) in [6.45, 7) is 8.91. The lowest BCUT2D eigenvalue weighted by atomic mass is 10.0. The van der Waals surface area contributed by atoms with Crippen molar-refractivity contribution >= 4 is 0 Å². The maximum Gasteiger partial charge on any atom is 0.116 e. The zero-order chi connectivity index (χ0) is 9.61. The number of hydrogen-bond acceptors (Lipinski definition) is 3. The Morgan fingerprint density at radius 3 is 2.17 bits per heavy atom. The topological polar surface area (TPSA) is 39.1 Å². The molecule has 0 aliphatic heterocycles. The van der Waals surface area contributed by atoms with Crippen molar-refractivity contribution in [1.29, 1.82) is 5.26 Å². The quantitative estimate of drug-likeness (QED) is 0.662. The molecule has 3 nitrogen and oxygen atoms in total. The molecule has 1 unspecified atom stereocenters. The lowest BCUT2D eigenvalue weighted by molar-refractivity contribution is 0.246. The molecule has 1 atom stereocenters. The fourth-order valence-corrected chi connectivity index (χ4v) is 1.06. The predicted octanol–water partition coefficient (Wildman–Crippen LogP) is 0.830. The number of rotatable bonds is 5. The number of hydrogen-bond donors (Lipinski definition) is 1. The Kier molecular flexibility index (Phi) is 4.87. The van der Waals surface area contributed by atoms with Gasteiger partial charge in [0.1, 0.15) is 5.54 Å². The van der Waals surface area contributed by atoms with E-state index in [2.05, 4.69) is 30.1 Å². The lowest BCUT2D eigenvalue weighted by Gasteiger charge is -2.28. The van der Waals surface area contributed by atoms with Gasteiger partial charge in [-0.3, -0.25) is 0 Å². The first-order chi connectivity index (χ1) is 5.61. The van der Waals surface area contributed by atoms with Crippen molar-refractivity contribution in [2.75, 3.05) is 26.7 Å². The summed E-state index contributed by atoms with van der Waals surface area (Å²) in [6.07, 6.45) is 0. The molecular weight excluding hydrogens is 150 g/mol. The van der Waals surface area contributed by atoms with Crippen LogP contribution >= 0.6 is 0 Å². The zero-order valence-electron chi connectivity index (χ0n) is 8.52. The summed E-state index contributed by atoms with van der Waals surface area (Å²) >= 11 is 0. The molecule has 0 fully saturated rings. The van der Waals surface area contributed by atoms with Crippen LogP contribution < -0.4 is 5.32 Å². The van der Waals surface area contributed by atoms with Gasteiger partial charge in [0.25, 0.3) is 0 Å². The van der Waals surface area contributed by atoms with Crippen molar-refractivity contribution in [3.8, 4) is 6.07 Å². The Morgan fingerprint density at radius 1 is 1.42 bits per heavy atom. The summed E-state index contributed by atoms with van der Waals surface area (Å²) in [4.78, 5) is 2.24. The van der Waals surface area contributed by atoms with E-state index >= 15 is 0 Å². The third-order valence-electron chi connectivity index (χ3n) is 2.23. The second-order valence-electron chi connectivity index (χ2n) is 3.16. The molecule has 0 aromatic rings. The summed E-state index contributed by atoms with van der Waals surface area (Å²) in [5, 5.41) is 11.9. The first kappa shape index (κ1) is 11.4. The van der Waals surface area contributed by atoms with Gasteiger partial charge in [-0.25, -0.2) is 0 Å². The Labute approximate surface area is 75.4 Å². The molecule has 0 radical (unpaired) electrons. The van der Waals surface area contributed by atoms with Crippen LogP contribution in [-0.2, 0) is 0 Å². The van der Waals surface area contributed by atoms with Gasteiger partial charge in [0.15, 0.2) is 0 Å². The average Bonchev–Trinajstić information content (AvgIpc) is 2.14. The molecule has 0 saturated carbocycles. The number of likely N-dealkylation sites (N-methyl/N-ethyl adjacent to an activating group) is 2. The van der Waals surface area contributed by atoms with E-state index in [9.17, 15) is 0 Å². The minimum Gasteiger partial charge on any atom is -0.302 e. The van der Waals surface area contributed by atoms with E-state index in [0.29, 0.717) is 0 Å². The SMILES string of the molecule is CCN(CC)CC(C)(C#N)NC. The molecule has 0 heterocycles. The van der Waals surface area contributed by atoms with Crippen LogP contribution in [0.25, 0.3) is 0 Å². The van der Waals surface area contributed by atoms with Gasteiger partial charge < -0.3 is 10.2 Å². The standard InChI is InChI=1S/C9H19N3/c1-5-12(6-2)8-9(3,7-10)11-4/h11H,5-6,8H2,1-4H3. The second-order valence-corrected chi connectivity index (χ2v) is 3.16. The minimum atomic E-state index is -0.411. The van der Waals surface area contributed by atoms with Crippen LogP contribution in [0.3, 0.4) is 0 Å². The number of nitrogens with zero attached hydrogens (tertiary/aromatic N) is 2. The maximum atomic E-state index is 8.89. The maximum absolute atomic E-state index is 8.89. The van der Waals surface area contributed by atoms with Crippen LogP contribution in [0.2, 0.25) is 0 Å². The lowest BCUT2D eigenvalue weighted by Crippen LogP contribution is -2.48. The fraction of sp³-hybridized carbons (Fsp3) is 0.889. The fourth-order valence-electron chi connectivity index (χ4n) is 1.06. The minimum absolute atomic E-state index is 0.411. The van der Waals surface area contributed by atoms with Crippen molar-refractivity contribution in [3.05, 3.63) is 0 Å². The molecule has 0 aromatic heterocycles. The average molecular weight is 169 g/mol. The second kappa shape index (κ2) is 5.13. The number of nitriles is 1. The normalized spacial score (nSPS) is 15.7. The smallest absolute Gasteiger partial charge is 0.116 e. The van der Waals surface area contributed by atoms with Crippen LogP contribution in [-0.4, -0.2) is 37.1 Å². The Hall–Kier alpha value is -0.590. The highest BCUT2D eigenvalue weighted by Crippen LogP contribution is 2.03. The van der Waals surface area contributed by atoms with E-state index in [1.807, 2.05) is 14.0 Å². The summed E-state index contributed by atoms with van der Waals surface area (Å²) in [5.41, 5.74) is -0.411. The first-order valence-corrected chi connectivity index (χ1v) is 4.44. The van der Waals surface area contributed by atoms with Gasteiger partial charge in [0.2, 0.25) is 0 Å². The molecule has 0 spiro atoms. The summed E-state index contributed by atoms with van der Waals surface area (Å²) in [7, 11) is 1.83. The summed E-state index contributed by atoms with van der Waals surface area (Å²) in [5.74, 6) is 0. The van der Waals surface area contributed by atoms with Crippen LogP contribution in [0.15, 0.2) is 0 Å². The van der Waals surface area contributed by atoms with E-state index < -0.39 is 5.54 Å². The molecule has 3 heteroatoms. The van der Waals surface area contributed by atoms with E-state index in [0.717, 1.165) is 19.6 Å². The highest BCUT2D eigenvalue weighted by atomic mass is 15.2. The van der Waals surface area contributed by atoms with Crippen molar-refractivity contribution in [2.24, 2.45) is 0 Å². The molecule has 0 aliphatic rings. The van der Waals surface area contributed by atoms with E-state index in [1.54, 1.807) is 0 Å². The van der Waals surface area contributed by atoms with Crippen molar-refractivity contribution in [3.63, 3.8) is 0 Å². The largest absolute Gasteiger partial charge is 0.302 e. The molecule has 0 aliphatic carbocycles. The van der Waals surface area contributed by atoms with Crippen molar-refractivity contribution in [2.45, 2.75) is 26.3 Å². The third kappa shape index (κ3) is 3.21. The monoisotopic (exact) mass is 169 g/mol. The molecule has 0 amide bonds. The van der Waals surface area contributed by atoms with E-state index in [-0.39, 0.29) is 0 Å². The molecule has 1 N–H and O–H groups in total. The van der Waals surface area contributed by atoms with Gasteiger partial charge in [-0.2, -0.15) is 5.26 Å². The van der Waals surface area contributed by atoms with E-state index in [1.165, 1.54) is 0 Å². The highest BCUT2D eigenvalue weighted by Gasteiger charge is 2.23. The van der Waals surface area contributed by atoms with Crippen LogP contribution in [0.1, 0.15) is 20.8 Å². The Balaban J connectivity index is 4.11. The van der Waals surface area contributed by atoms with Crippen LogP contribution in [0.5, 0.6) is 0 Å². The highest BCUT2D eigenvalue weighted by molar-refractivity contribution is 5.04. The Morgan fingerprint density at radius 2 is 1.92 bits per heavy atom. The predicted molar refractivity (Wildman–Crippen MR) is 50.9 cm³/mol. The van der Waals surface area contributed by atoms with Crippen LogP contribution in [0, 0.1) is 11.3 Å². The van der Waals surface area contributed by atoms with Gasteiger partial charge >= 0.3 is 0 Å². The van der Waals surface area contributed by atoms with Crippen LogP contribution in [0.4, 0.5) is 0 Å².